The molecule has 1 amide bonds. The van der Waals surface area contributed by atoms with Crippen molar-refractivity contribution in [3.05, 3.63) is 35.6 Å². The number of amides is 1. The predicted molar refractivity (Wildman–Crippen MR) is 75.0 cm³/mol. The fourth-order valence-corrected chi connectivity index (χ4v) is 2.18. The van der Waals surface area contributed by atoms with Gasteiger partial charge < -0.3 is 15.1 Å². The predicted octanol–water partition coefficient (Wildman–Crippen LogP) is 0.974. The van der Waals surface area contributed by atoms with Gasteiger partial charge in [0.1, 0.15) is 5.82 Å². The zero-order chi connectivity index (χ0) is 13.7. The second-order valence-corrected chi connectivity index (χ2v) is 4.80. The highest BCUT2D eigenvalue weighted by atomic mass is 32.1. The molecule has 1 fully saturated rings. The number of rotatable bonds is 3. The van der Waals surface area contributed by atoms with Gasteiger partial charge in [-0.25, -0.2) is 4.39 Å². The minimum absolute atomic E-state index is 0.240. The molecule has 0 aromatic heterocycles. The Balaban J connectivity index is 1.78. The number of hydrogen-bond donors (Lipinski definition) is 1. The lowest BCUT2D eigenvalue weighted by Gasteiger charge is -2.34. The lowest BCUT2D eigenvalue weighted by molar-refractivity contribution is -0.119. The van der Waals surface area contributed by atoms with Crippen LogP contribution in [0.1, 0.15) is 5.56 Å². The van der Waals surface area contributed by atoms with Crippen LogP contribution in [-0.2, 0) is 11.3 Å². The van der Waals surface area contributed by atoms with Gasteiger partial charge in [0.05, 0.1) is 0 Å². The van der Waals surface area contributed by atoms with Crippen molar-refractivity contribution in [2.24, 2.45) is 0 Å². The number of piperazine rings is 1. The first kappa shape index (κ1) is 13.7. The third-order valence-electron chi connectivity index (χ3n) is 3.11. The van der Waals surface area contributed by atoms with Crippen molar-refractivity contribution in [2.75, 3.05) is 26.2 Å². The van der Waals surface area contributed by atoms with Gasteiger partial charge in [0.15, 0.2) is 5.11 Å². The summed E-state index contributed by atoms with van der Waals surface area (Å²) < 4.78 is 12.8. The maximum Gasteiger partial charge on any atom is 0.209 e. The minimum atomic E-state index is -0.240. The van der Waals surface area contributed by atoms with Crippen LogP contribution >= 0.6 is 12.2 Å². The molecule has 0 saturated carbocycles. The van der Waals surface area contributed by atoms with Crippen molar-refractivity contribution in [1.29, 1.82) is 0 Å². The summed E-state index contributed by atoms with van der Waals surface area (Å²) in [5.41, 5.74) is 0.982. The Bertz CT molecular complexity index is 444. The number of hydrogen-bond acceptors (Lipinski definition) is 2. The maximum absolute atomic E-state index is 12.8. The molecule has 0 spiro atoms. The number of carbonyl (C=O) groups is 1. The molecular formula is C13H16FN3OS. The van der Waals surface area contributed by atoms with Crippen molar-refractivity contribution in [1.82, 2.24) is 15.1 Å². The summed E-state index contributed by atoms with van der Waals surface area (Å²) in [6, 6.07) is 6.33. The van der Waals surface area contributed by atoms with Crippen molar-refractivity contribution >= 4 is 23.7 Å². The molecule has 1 heterocycles. The Morgan fingerprint density at radius 2 is 1.89 bits per heavy atom. The van der Waals surface area contributed by atoms with Crippen LogP contribution < -0.4 is 5.32 Å². The molecule has 6 heteroatoms. The third kappa shape index (κ3) is 3.89. The van der Waals surface area contributed by atoms with Crippen LogP contribution in [0.3, 0.4) is 0 Å². The molecule has 1 aliphatic heterocycles. The summed E-state index contributed by atoms with van der Waals surface area (Å²) in [6.07, 6.45) is 0.867. The van der Waals surface area contributed by atoms with E-state index in [1.807, 2.05) is 4.90 Å². The van der Waals surface area contributed by atoms with Gasteiger partial charge in [-0.05, 0) is 29.9 Å². The lowest BCUT2D eigenvalue weighted by atomic mass is 10.2. The van der Waals surface area contributed by atoms with E-state index in [4.69, 9.17) is 12.2 Å². The lowest BCUT2D eigenvalue weighted by Crippen LogP contribution is -2.51. The van der Waals surface area contributed by atoms with Gasteiger partial charge in [-0.15, -0.1) is 0 Å². The number of benzene rings is 1. The smallest absolute Gasteiger partial charge is 0.209 e. The van der Waals surface area contributed by atoms with E-state index in [2.05, 4.69) is 5.32 Å². The van der Waals surface area contributed by atoms with Gasteiger partial charge in [-0.3, -0.25) is 4.79 Å². The molecule has 1 aliphatic rings. The molecule has 0 aliphatic carbocycles. The topological polar surface area (TPSA) is 35.6 Å². The number of nitrogens with one attached hydrogen (secondary N) is 1. The number of thiocarbonyl (C=S) groups is 1. The number of carbonyl (C=O) groups excluding carboxylic acids is 1. The normalized spacial score (nSPS) is 15.2. The van der Waals surface area contributed by atoms with Gasteiger partial charge in [0.25, 0.3) is 0 Å². The highest BCUT2D eigenvalue weighted by Crippen LogP contribution is 2.04. The highest BCUT2D eigenvalue weighted by molar-refractivity contribution is 7.80. The van der Waals surface area contributed by atoms with E-state index in [9.17, 15) is 9.18 Å². The molecule has 102 valence electrons. The number of nitrogens with zero attached hydrogens (tertiary/aromatic N) is 2. The van der Waals surface area contributed by atoms with E-state index in [-0.39, 0.29) is 5.82 Å². The molecule has 0 atom stereocenters. The zero-order valence-corrected chi connectivity index (χ0v) is 11.3. The van der Waals surface area contributed by atoms with Gasteiger partial charge in [-0.2, -0.15) is 0 Å². The second-order valence-electron chi connectivity index (χ2n) is 4.41. The maximum atomic E-state index is 12.8. The molecule has 4 nitrogen and oxygen atoms in total. The van der Waals surface area contributed by atoms with Crippen LogP contribution in [0.15, 0.2) is 24.3 Å². The van der Waals surface area contributed by atoms with Crippen LogP contribution in [0.2, 0.25) is 0 Å². The zero-order valence-electron chi connectivity index (χ0n) is 10.5. The van der Waals surface area contributed by atoms with E-state index in [1.165, 1.54) is 12.1 Å². The van der Waals surface area contributed by atoms with Gasteiger partial charge in [-0.1, -0.05) is 12.1 Å². The van der Waals surface area contributed by atoms with Crippen molar-refractivity contribution in [3.63, 3.8) is 0 Å². The Morgan fingerprint density at radius 1 is 1.26 bits per heavy atom. The van der Waals surface area contributed by atoms with Crippen molar-refractivity contribution < 1.29 is 9.18 Å². The van der Waals surface area contributed by atoms with Gasteiger partial charge >= 0.3 is 0 Å². The average Bonchev–Trinajstić information content (AvgIpc) is 2.46. The van der Waals surface area contributed by atoms with Crippen LogP contribution in [0.25, 0.3) is 0 Å². The number of halogens is 1. The summed E-state index contributed by atoms with van der Waals surface area (Å²) in [6.45, 7) is 3.46. The first-order valence-corrected chi connectivity index (χ1v) is 6.56. The summed E-state index contributed by atoms with van der Waals surface area (Å²) in [5, 5.41) is 3.82. The van der Waals surface area contributed by atoms with Crippen LogP contribution in [-0.4, -0.2) is 47.5 Å². The molecule has 1 saturated heterocycles. The van der Waals surface area contributed by atoms with Crippen molar-refractivity contribution in [2.45, 2.75) is 6.54 Å². The van der Waals surface area contributed by atoms with Crippen LogP contribution in [0, 0.1) is 5.82 Å². The van der Waals surface area contributed by atoms with Crippen LogP contribution in [0.4, 0.5) is 4.39 Å². The van der Waals surface area contributed by atoms with E-state index in [0.717, 1.165) is 25.1 Å². The van der Waals surface area contributed by atoms with E-state index in [1.54, 1.807) is 17.0 Å². The summed E-state index contributed by atoms with van der Waals surface area (Å²) in [5.74, 6) is -0.240. The summed E-state index contributed by atoms with van der Waals surface area (Å²) in [7, 11) is 0. The molecule has 0 radical (unpaired) electrons. The van der Waals surface area contributed by atoms with E-state index in [0.29, 0.717) is 24.7 Å². The molecule has 1 aromatic carbocycles. The Hall–Kier alpha value is -1.69. The Morgan fingerprint density at radius 3 is 2.47 bits per heavy atom. The summed E-state index contributed by atoms with van der Waals surface area (Å²) in [4.78, 5) is 14.4. The first-order chi connectivity index (χ1) is 9.19. The third-order valence-corrected chi connectivity index (χ3v) is 3.51. The Kier molecular flexibility index (Phi) is 4.68. The Labute approximate surface area is 117 Å². The first-order valence-electron chi connectivity index (χ1n) is 6.15. The highest BCUT2D eigenvalue weighted by Gasteiger charge is 2.17. The monoisotopic (exact) mass is 281 g/mol. The van der Waals surface area contributed by atoms with Crippen molar-refractivity contribution in [3.8, 4) is 0 Å². The molecule has 19 heavy (non-hydrogen) atoms. The van der Waals surface area contributed by atoms with Crippen LogP contribution in [0.5, 0.6) is 0 Å². The summed E-state index contributed by atoms with van der Waals surface area (Å²) >= 11 is 5.31. The van der Waals surface area contributed by atoms with Gasteiger partial charge in [0, 0.05) is 32.7 Å². The second kappa shape index (κ2) is 6.47. The molecule has 0 bridgehead atoms. The van der Waals surface area contributed by atoms with E-state index < -0.39 is 0 Å². The quantitative estimate of drug-likeness (QED) is 0.661. The standard InChI is InChI=1S/C13H16FN3OS/c14-12-3-1-11(2-4-12)9-15-13(19)17-7-5-16(10-18)6-8-17/h1-4,10H,5-9H2,(H,15,19). The molecule has 1 aromatic rings. The molecule has 0 unspecified atom stereocenters. The average molecular weight is 281 g/mol. The fraction of sp³-hybridized carbons (Fsp3) is 0.385. The largest absolute Gasteiger partial charge is 0.358 e. The SMILES string of the molecule is O=CN1CCN(C(=S)NCc2ccc(F)cc2)CC1. The van der Waals surface area contributed by atoms with E-state index >= 15 is 0 Å². The molecule has 1 N–H and O–H groups in total. The van der Waals surface area contributed by atoms with Gasteiger partial charge in [0.2, 0.25) is 6.41 Å². The molecular weight excluding hydrogens is 265 g/mol. The fourth-order valence-electron chi connectivity index (χ4n) is 1.92. The minimum Gasteiger partial charge on any atom is -0.358 e. The molecule has 2 rings (SSSR count).